The summed E-state index contributed by atoms with van der Waals surface area (Å²) >= 11 is 1.87. The van der Waals surface area contributed by atoms with Crippen LogP contribution in [0.4, 0.5) is 0 Å². The predicted molar refractivity (Wildman–Crippen MR) is 250 cm³/mol. The van der Waals surface area contributed by atoms with Gasteiger partial charge in [-0.15, -0.1) is 11.3 Å². The highest BCUT2D eigenvalue weighted by molar-refractivity contribution is 7.26. The largest absolute Gasteiger partial charge is 0.456 e. The van der Waals surface area contributed by atoms with Gasteiger partial charge in [0, 0.05) is 30.9 Å². The van der Waals surface area contributed by atoms with E-state index in [1.54, 1.807) is 0 Å². The lowest BCUT2D eigenvalue weighted by atomic mass is 9.83. The third-order valence-corrected chi connectivity index (χ3v) is 13.6. The monoisotopic (exact) mass is 752 g/mol. The van der Waals surface area contributed by atoms with Crippen LogP contribution in [0, 0.1) is 0 Å². The highest BCUT2D eigenvalue weighted by Crippen LogP contribution is 2.48. The van der Waals surface area contributed by atoms with Crippen molar-refractivity contribution in [2.24, 2.45) is 0 Å². The molecular formula is C56H32OS. The summed E-state index contributed by atoms with van der Waals surface area (Å²) in [6.07, 6.45) is 0. The Balaban J connectivity index is 1.01. The summed E-state index contributed by atoms with van der Waals surface area (Å²) in [5, 5.41) is 17.6. The van der Waals surface area contributed by atoms with Crippen molar-refractivity contribution < 1.29 is 4.42 Å². The van der Waals surface area contributed by atoms with Gasteiger partial charge in [-0.2, -0.15) is 0 Å². The molecule has 0 saturated heterocycles. The molecule has 0 unspecified atom stereocenters. The van der Waals surface area contributed by atoms with E-state index >= 15 is 0 Å². The number of furan rings is 1. The van der Waals surface area contributed by atoms with Crippen molar-refractivity contribution in [1.82, 2.24) is 0 Å². The minimum Gasteiger partial charge on any atom is -0.456 e. The standard InChI is InChI=1S/C56H32OS/c1-2-14-37-33(12-1)13-11-22-41(37)53-42-17-5-7-19-44(42)54(45-20-8-6-18-43(45)53)46-27-26-38(39-15-3-4-16-40(39)46)35-25-24-34-31-49-47-28-29-51-55(48-21-9-10-23-50(48)57-51)56(47)58-52(49)32-36(34)30-35/h1-32H. The quantitative estimate of drug-likeness (QED) is 0.164. The molecule has 0 aliphatic carbocycles. The van der Waals surface area contributed by atoms with Crippen LogP contribution in [0.15, 0.2) is 199 Å². The minimum absolute atomic E-state index is 0.940. The van der Waals surface area contributed by atoms with E-state index in [9.17, 15) is 0 Å². The van der Waals surface area contributed by atoms with Crippen LogP contribution in [0.5, 0.6) is 0 Å². The Bertz CT molecular complexity index is 3800. The van der Waals surface area contributed by atoms with Crippen LogP contribution in [0.1, 0.15) is 0 Å². The third kappa shape index (κ3) is 4.52. The molecule has 0 aliphatic heterocycles. The van der Waals surface area contributed by atoms with E-state index in [1.807, 2.05) is 17.4 Å². The Morgan fingerprint density at radius 3 is 1.64 bits per heavy atom. The number of fused-ring (bicyclic) bond motifs is 12. The van der Waals surface area contributed by atoms with Crippen molar-refractivity contribution in [1.29, 1.82) is 0 Å². The third-order valence-electron chi connectivity index (χ3n) is 12.4. The molecule has 2 aromatic heterocycles. The van der Waals surface area contributed by atoms with E-state index in [0.717, 1.165) is 11.2 Å². The van der Waals surface area contributed by atoms with E-state index in [4.69, 9.17) is 4.42 Å². The second kappa shape index (κ2) is 12.1. The summed E-state index contributed by atoms with van der Waals surface area (Å²) in [6.45, 7) is 0. The first-order valence-corrected chi connectivity index (χ1v) is 20.7. The fourth-order valence-corrected chi connectivity index (χ4v) is 11.2. The van der Waals surface area contributed by atoms with Crippen molar-refractivity contribution in [3.8, 4) is 33.4 Å². The van der Waals surface area contributed by atoms with Crippen LogP contribution in [0.25, 0.3) is 129 Å². The summed E-state index contributed by atoms with van der Waals surface area (Å²) in [5.74, 6) is 0. The van der Waals surface area contributed by atoms with Gasteiger partial charge in [-0.25, -0.2) is 0 Å². The summed E-state index contributed by atoms with van der Waals surface area (Å²) in [6, 6.07) is 71.6. The fourth-order valence-electron chi connectivity index (χ4n) is 9.87. The summed E-state index contributed by atoms with van der Waals surface area (Å²) in [4.78, 5) is 0. The first kappa shape index (κ1) is 31.9. The number of para-hydroxylation sites is 1. The average molecular weight is 753 g/mol. The van der Waals surface area contributed by atoms with Crippen LogP contribution >= 0.6 is 11.3 Å². The molecule has 0 spiro atoms. The minimum atomic E-state index is 0.940. The molecule has 268 valence electrons. The lowest BCUT2D eigenvalue weighted by molar-refractivity contribution is 0.669. The van der Waals surface area contributed by atoms with Crippen LogP contribution in [-0.2, 0) is 0 Å². The molecular weight excluding hydrogens is 721 g/mol. The van der Waals surface area contributed by atoms with Gasteiger partial charge in [-0.3, -0.25) is 0 Å². The normalized spacial score (nSPS) is 12.1. The maximum absolute atomic E-state index is 6.26. The van der Waals surface area contributed by atoms with Crippen LogP contribution in [0.3, 0.4) is 0 Å². The topological polar surface area (TPSA) is 13.1 Å². The first-order valence-electron chi connectivity index (χ1n) is 19.9. The SMILES string of the molecule is c1ccc2c(-c3c4ccccc4c(-c4ccc(-c5ccc6cc7c(cc6c5)sc5c7ccc6oc7ccccc7c65)c5ccccc45)c4ccccc34)cccc2c1. The molecule has 13 aromatic rings. The fraction of sp³-hybridized carbons (Fsp3) is 0. The number of hydrogen-bond donors (Lipinski definition) is 0. The van der Waals surface area contributed by atoms with Gasteiger partial charge < -0.3 is 4.42 Å². The molecule has 0 amide bonds. The molecule has 1 nitrogen and oxygen atoms in total. The number of rotatable bonds is 3. The zero-order valence-electron chi connectivity index (χ0n) is 31.3. The molecule has 2 heteroatoms. The lowest BCUT2D eigenvalue weighted by Gasteiger charge is -2.20. The van der Waals surface area contributed by atoms with Crippen LogP contribution < -0.4 is 0 Å². The van der Waals surface area contributed by atoms with Crippen molar-refractivity contribution in [3.05, 3.63) is 194 Å². The van der Waals surface area contributed by atoms with Gasteiger partial charge in [0.1, 0.15) is 11.2 Å². The van der Waals surface area contributed by atoms with E-state index in [2.05, 4.69) is 188 Å². The van der Waals surface area contributed by atoms with Gasteiger partial charge in [0.2, 0.25) is 0 Å². The molecule has 11 aromatic carbocycles. The first-order chi connectivity index (χ1) is 28.8. The molecule has 0 aliphatic rings. The Kier molecular flexibility index (Phi) is 6.66. The lowest BCUT2D eigenvalue weighted by Crippen LogP contribution is -1.93. The molecule has 58 heavy (non-hydrogen) atoms. The average Bonchev–Trinajstić information content (AvgIpc) is 3.84. The van der Waals surface area contributed by atoms with Gasteiger partial charge in [0.25, 0.3) is 0 Å². The zero-order chi connectivity index (χ0) is 37.9. The molecule has 2 heterocycles. The van der Waals surface area contributed by atoms with Crippen LogP contribution in [0.2, 0.25) is 0 Å². The second-order valence-electron chi connectivity index (χ2n) is 15.5. The Morgan fingerprint density at radius 2 is 0.897 bits per heavy atom. The van der Waals surface area contributed by atoms with Crippen molar-refractivity contribution in [3.63, 3.8) is 0 Å². The van der Waals surface area contributed by atoms with Gasteiger partial charge >= 0.3 is 0 Å². The van der Waals surface area contributed by atoms with E-state index < -0.39 is 0 Å². The van der Waals surface area contributed by atoms with Gasteiger partial charge in [-0.1, -0.05) is 158 Å². The Hall–Kier alpha value is -7.26. The van der Waals surface area contributed by atoms with Crippen molar-refractivity contribution in [2.75, 3.05) is 0 Å². The molecule has 0 N–H and O–H groups in total. The maximum Gasteiger partial charge on any atom is 0.136 e. The van der Waals surface area contributed by atoms with Crippen LogP contribution in [-0.4, -0.2) is 0 Å². The van der Waals surface area contributed by atoms with E-state index in [-0.39, 0.29) is 0 Å². The molecule has 0 atom stereocenters. The summed E-state index contributed by atoms with van der Waals surface area (Å²) < 4.78 is 8.84. The number of benzene rings is 11. The molecule has 0 bridgehead atoms. The second-order valence-corrected chi connectivity index (χ2v) is 16.6. The molecule has 0 radical (unpaired) electrons. The van der Waals surface area contributed by atoms with Gasteiger partial charge in [0.05, 0.1) is 0 Å². The summed E-state index contributed by atoms with van der Waals surface area (Å²) in [7, 11) is 0. The smallest absolute Gasteiger partial charge is 0.136 e. The highest BCUT2D eigenvalue weighted by atomic mass is 32.1. The van der Waals surface area contributed by atoms with Crippen molar-refractivity contribution in [2.45, 2.75) is 0 Å². The molecule has 0 saturated carbocycles. The van der Waals surface area contributed by atoms with E-state index in [1.165, 1.54) is 118 Å². The number of thiophene rings is 1. The van der Waals surface area contributed by atoms with Gasteiger partial charge in [-0.05, 0) is 124 Å². The van der Waals surface area contributed by atoms with E-state index in [0.29, 0.717) is 0 Å². The van der Waals surface area contributed by atoms with Gasteiger partial charge in [0.15, 0.2) is 0 Å². The maximum atomic E-state index is 6.26. The summed E-state index contributed by atoms with van der Waals surface area (Å²) in [5.41, 5.74) is 9.44. The highest BCUT2D eigenvalue weighted by Gasteiger charge is 2.20. The Morgan fingerprint density at radius 1 is 0.310 bits per heavy atom. The molecule has 0 fully saturated rings. The Labute approximate surface area is 337 Å². The molecule has 13 rings (SSSR count). The zero-order valence-corrected chi connectivity index (χ0v) is 32.1. The van der Waals surface area contributed by atoms with Crippen molar-refractivity contribution >= 4 is 107 Å². The predicted octanol–water partition coefficient (Wildman–Crippen LogP) is 16.7. The number of hydrogen-bond acceptors (Lipinski definition) is 2.